The smallest absolute Gasteiger partial charge is 0.315 e. The first-order valence-electron chi connectivity index (χ1n) is 9.42. The number of ether oxygens (including phenoxy) is 3. The molecule has 0 fully saturated rings. The largest absolute Gasteiger partial charge is 0.495 e. The molecule has 31 heavy (non-hydrogen) atoms. The molecule has 0 aliphatic rings. The van der Waals surface area contributed by atoms with Crippen LogP contribution in [0.25, 0.3) is 0 Å². The monoisotopic (exact) mass is 451 g/mol. The minimum atomic E-state index is -4.02. The molecule has 0 atom stereocenters. The van der Waals surface area contributed by atoms with Crippen molar-refractivity contribution in [2.45, 2.75) is 31.6 Å². The van der Waals surface area contributed by atoms with E-state index in [9.17, 15) is 18.5 Å². The van der Waals surface area contributed by atoms with Crippen LogP contribution in [0.4, 0.5) is 5.69 Å². The molecular formula is C20H25N3O7S. The zero-order chi connectivity index (χ0) is 23.0. The van der Waals surface area contributed by atoms with E-state index in [1.54, 1.807) is 19.1 Å². The number of sulfonamides is 1. The van der Waals surface area contributed by atoms with Crippen LogP contribution in [0.15, 0.2) is 40.3 Å². The van der Waals surface area contributed by atoms with Gasteiger partial charge in [0.05, 0.1) is 32.0 Å². The normalized spacial score (nSPS) is 11.4. The lowest BCUT2D eigenvalue weighted by atomic mass is 10.2. The fourth-order valence-corrected chi connectivity index (χ4v) is 3.69. The molecule has 11 heteroatoms. The van der Waals surface area contributed by atoms with Crippen LogP contribution >= 0.6 is 0 Å². The van der Waals surface area contributed by atoms with Crippen molar-refractivity contribution in [2.75, 3.05) is 20.8 Å². The van der Waals surface area contributed by atoms with E-state index in [0.717, 1.165) is 24.6 Å². The number of hydrogen-bond acceptors (Lipinski definition) is 8. The zero-order valence-electron chi connectivity index (χ0n) is 17.7. The van der Waals surface area contributed by atoms with Crippen LogP contribution in [0.2, 0.25) is 0 Å². The highest BCUT2D eigenvalue weighted by molar-refractivity contribution is 7.89. The number of nitro benzene ring substituents is 1. The molecule has 0 saturated carbocycles. The molecule has 2 rings (SSSR count). The molecule has 2 aromatic carbocycles. The summed E-state index contributed by atoms with van der Waals surface area (Å²) >= 11 is 0. The summed E-state index contributed by atoms with van der Waals surface area (Å²) in [4.78, 5) is 12.9. The van der Waals surface area contributed by atoms with Gasteiger partial charge in [-0.3, -0.25) is 10.1 Å². The molecule has 0 heterocycles. The predicted molar refractivity (Wildman–Crippen MR) is 116 cm³/mol. The van der Waals surface area contributed by atoms with Crippen LogP contribution in [-0.4, -0.2) is 40.4 Å². The Morgan fingerprint density at radius 1 is 1.16 bits per heavy atom. The Morgan fingerprint density at radius 3 is 2.48 bits per heavy atom. The number of nitro groups is 1. The van der Waals surface area contributed by atoms with Crippen LogP contribution in [-0.2, 0) is 10.0 Å². The van der Waals surface area contributed by atoms with Gasteiger partial charge in [-0.1, -0.05) is 19.4 Å². The molecule has 0 aromatic heterocycles. The van der Waals surface area contributed by atoms with Gasteiger partial charge in [-0.2, -0.15) is 18.4 Å². The molecular weight excluding hydrogens is 426 g/mol. The molecule has 2 aromatic rings. The molecule has 0 bridgehead atoms. The number of nitrogens with one attached hydrogen (secondary N) is 1. The van der Waals surface area contributed by atoms with Crippen LogP contribution in [0, 0.1) is 17.0 Å². The fourth-order valence-electron chi connectivity index (χ4n) is 2.65. The van der Waals surface area contributed by atoms with Crippen molar-refractivity contribution in [3.05, 3.63) is 51.6 Å². The number of methoxy groups -OCH3 is 2. The van der Waals surface area contributed by atoms with Crippen LogP contribution in [0.3, 0.4) is 0 Å². The summed E-state index contributed by atoms with van der Waals surface area (Å²) in [5.41, 5.74) is 0.676. The SMILES string of the molecule is CCCCOc1c(OC)cc(/C=N/NS(=O)(=O)c2cc(C)ccc2OC)cc1[N+](=O)[O-]. The van der Waals surface area contributed by atoms with Crippen molar-refractivity contribution < 1.29 is 27.6 Å². The minimum absolute atomic E-state index is 0.0168. The molecule has 1 N–H and O–H groups in total. The topological polar surface area (TPSA) is 129 Å². The number of benzene rings is 2. The van der Waals surface area contributed by atoms with Crippen molar-refractivity contribution >= 4 is 21.9 Å². The first-order chi connectivity index (χ1) is 14.7. The Balaban J connectivity index is 2.32. The Morgan fingerprint density at radius 2 is 1.87 bits per heavy atom. The van der Waals surface area contributed by atoms with Gasteiger partial charge in [-0.15, -0.1) is 0 Å². The average Bonchev–Trinajstić information content (AvgIpc) is 2.73. The Kier molecular flexibility index (Phi) is 8.20. The maximum atomic E-state index is 12.6. The molecule has 168 valence electrons. The van der Waals surface area contributed by atoms with Gasteiger partial charge in [0.25, 0.3) is 10.0 Å². The highest BCUT2D eigenvalue weighted by atomic mass is 32.2. The quantitative estimate of drug-likeness (QED) is 0.240. The second-order valence-corrected chi connectivity index (χ2v) is 8.17. The molecule has 0 radical (unpaired) electrons. The predicted octanol–water partition coefficient (Wildman–Crippen LogP) is 3.41. The first kappa shape index (κ1) is 23.9. The number of hydrogen-bond donors (Lipinski definition) is 1. The van der Waals surface area contributed by atoms with E-state index in [-0.39, 0.29) is 33.4 Å². The summed E-state index contributed by atoms with van der Waals surface area (Å²) in [6.07, 6.45) is 2.74. The maximum absolute atomic E-state index is 12.6. The zero-order valence-corrected chi connectivity index (χ0v) is 18.6. The van der Waals surface area contributed by atoms with Crippen LogP contribution < -0.4 is 19.0 Å². The van der Waals surface area contributed by atoms with Gasteiger partial charge in [-0.05, 0) is 37.1 Å². The van der Waals surface area contributed by atoms with Crippen molar-refractivity contribution in [1.29, 1.82) is 0 Å². The van der Waals surface area contributed by atoms with Crippen molar-refractivity contribution in [1.82, 2.24) is 4.83 Å². The van der Waals surface area contributed by atoms with Crippen molar-refractivity contribution in [3.63, 3.8) is 0 Å². The van der Waals surface area contributed by atoms with Crippen LogP contribution in [0.5, 0.6) is 17.2 Å². The van der Waals surface area contributed by atoms with Gasteiger partial charge >= 0.3 is 5.69 Å². The van der Waals surface area contributed by atoms with E-state index in [1.165, 1.54) is 32.4 Å². The lowest BCUT2D eigenvalue weighted by molar-refractivity contribution is -0.386. The Labute approximate surface area is 181 Å². The number of hydrazone groups is 1. The summed E-state index contributed by atoms with van der Waals surface area (Å²) in [6.45, 7) is 4.03. The maximum Gasteiger partial charge on any atom is 0.315 e. The second kappa shape index (κ2) is 10.6. The summed E-state index contributed by atoms with van der Waals surface area (Å²) in [5, 5.41) is 15.2. The van der Waals surface area contributed by atoms with Crippen molar-refractivity contribution in [2.24, 2.45) is 5.10 Å². The average molecular weight is 452 g/mol. The third-order valence-corrected chi connectivity index (χ3v) is 5.46. The van der Waals surface area contributed by atoms with Gasteiger partial charge in [0.1, 0.15) is 10.6 Å². The molecule has 0 aliphatic carbocycles. The molecule has 0 spiro atoms. The van der Waals surface area contributed by atoms with E-state index in [2.05, 4.69) is 9.93 Å². The third-order valence-electron chi connectivity index (χ3n) is 4.21. The lowest BCUT2D eigenvalue weighted by Gasteiger charge is -2.12. The van der Waals surface area contributed by atoms with E-state index >= 15 is 0 Å². The molecule has 0 aliphatic heterocycles. The van der Waals surface area contributed by atoms with E-state index in [1.807, 2.05) is 6.92 Å². The summed E-state index contributed by atoms with van der Waals surface area (Å²) in [7, 11) is -1.30. The Hall–Kier alpha value is -3.34. The number of unbranched alkanes of at least 4 members (excludes halogenated alkanes) is 1. The second-order valence-electron chi connectivity index (χ2n) is 6.54. The highest BCUT2D eigenvalue weighted by Crippen LogP contribution is 2.38. The van der Waals surface area contributed by atoms with Gasteiger partial charge in [-0.25, -0.2) is 0 Å². The molecule has 0 amide bonds. The standard InChI is InChI=1S/C20H25N3O7S/c1-5-6-9-30-20-16(23(24)25)11-15(12-18(20)29-4)13-21-22-31(26,27)19-10-14(2)7-8-17(19)28-3/h7-8,10-13,22H,5-6,9H2,1-4H3/b21-13+. The van der Waals surface area contributed by atoms with Crippen LogP contribution in [0.1, 0.15) is 30.9 Å². The van der Waals surface area contributed by atoms with Gasteiger partial charge in [0.15, 0.2) is 5.75 Å². The van der Waals surface area contributed by atoms with Gasteiger partial charge < -0.3 is 14.2 Å². The first-order valence-corrected chi connectivity index (χ1v) is 10.9. The minimum Gasteiger partial charge on any atom is -0.495 e. The fraction of sp³-hybridized carbons (Fsp3) is 0.350. The number of rotatable bonds is 11. The van der Waals surface area contributed by atoms with Gasteiger partial charge in [0, 0.05) is 11.6 Å². The van der Waals surface area contributed by atoms with E-state index < -0.39 is 14.9 Å². The van der Waals surface area contributed by atoms with Crippen molar-refractivity contribution in [3.8, 4) is 17.2 Å². The Bertz CT molecular complexity index is 1070. The highest BCUT2D eigenvalue weighted by Gasteiger charge is 2.22. The summed E-state index contributed by atoms with van der Waals surface area (Å²) in [5.74, 6) is 0.331. The summed E-state index contributed by atoms with van der Waals surface area (Å²) < 4.78 is 41.0. The summed E-state index contributed by atoms with van der Waals surface area (Å²) in [6, 6.07) is 7.41. The number of aryl methyl sites for hydroxylation is 1. The molecule has 0 unspecified atom stereocenters. The number of nitrogens with zero attached hydrogens (tertiary/aromatic N) is 2. The third kappa shape index (κ3) is 6.07. The van der Waals surface area contributed by atoms with E-state index in [0.29, 0.717) is 6.61 Å². The lowest BCUT2D eigenvalue weighted by Crippen LogP contribution is -2.19. The molecule has 10 nitrogen and oxygen atoms in total. The van der Waals surface area contributed by atoms with E-state index in [4.69, 9.17) is 14.2 Å². The molecule has 0 saturated heterocycles. The van der Waals surface area contributed by atoms with Gasteiger partial charge in [0.2, 0.25) is 5.75 Å².